The van der Waals surface area contributed by atoms with E-state index in [1.54, 1.807) is 12.1 Å². The predicted octanol–water partition coefficient (Wildman–Crippen LogP) is 3.47. The molecule has 1 aliphatic rings. The number of amides is 1. The maximum Gasteiger partial charge on any atom is 0.251 e. The van der Waals surface area contributed by atoms with E-state index in [0.717, 1.165) is 17.7 Å². The first-order chi connectivity index (χ1) is 12.2. The van der Waals surface area contributed by atoms with Crippen LogP contribution in [0.3, 0.4) is 0 Å². The predicted molar refractivity (Wildman–Crippen MR) is 117 cm³/mol. The van der Waals surface area contributed by atoms with E-state index < -0.39 is 0 Å². The number of aryl methyl sites for hydroxylation is 2. The van der Waals surface area contributed by atoms with Crippen molar-refractivity contribution in [1.82, 2.24) is 5.32 Å². The number of guanidine groups is 1. The topological polar surface area (TPSA) is 79.5 Å². The van der Waals surface area contributed by atoms with Crippen molar-refractivity contribution < 1.29 is 4.79 Å². The molecule has 0 aromatic heterocycles. The van der Waals surface area contributed by atoms with Crippen LogP contribution < -0.4 is 16.4 Å². The van der Waals surface area contributed by atoms with E-state index in [-0.39, 0.29) is 29.9 Å². The number of anilines is 1. The van der Waals surface area contributed by atoms with Crippen molar-refractivity contribution in [2.24, 2.45) is 10.7 Å². The number of benzene rings is 2. The first-order valence-corrected chi connectivity index (χ1v) is 8.71. The van der Waals surface area contributed by atoms with Gasteiger partial charge in [-0.25, -0.2) is 4.99 Å². The summed E-state index contributed by atoms with van der Waals surface area (Å²) in [6.45, 7) is 2.99. The fourth-order valence-electron chi connectivity index (χ4n) is 3.04. The average molecular weight is 464 g/mol. The molecule has 0 fully saturated rings. The smallest absolute Gasteiger partial charge is 0.251 e. The molecule has 0 heterocycles. The van der Waals surface area contributed by atoms with Crippen molar-refractivity contribution >= 4 is 41.5 Å². The number of rotatable bonds is 5. The van der Waals surface area contributed by atoms with Crippen LogP contribution in [-0.2, 0) is 19.4 Å². The first kappa shape index (κ1) is 20.2. The Morgan fingerprint density at radius 2 is 1.85 bits per heavy atom. The monoisotopic (exact) mass is 464 g/mol. The van der Waals surface area contributed by atoms with Crippen molar-refractivity contribution in [2.45, 2.75) is 32.7 Å². The molecule has 3 rings (SSSR count). The summed E-state index contributed by atoms with van der Waals surface area (Å²) in [4.78, 5) is 16.1. The fourth-order valence-corrected chi connectivity index (χ4v) is 3.04. The van der Waals surface area contributed by atoms with Crippen molar-refractivity contribution in [3.05, 3.63) is 64.7 Å². The molecular weight excluding hydrogens is 439 g/mol. The maximum atomic E-state index is 11.7. The van der Waals surface area contributed by atoms with Crippen LogP contribution in [0.5, 0.6) is 0 Å². The second kappa shape index (κ2) is 9.56. The Bertz CT molecular complexity index is 787. The minimum Gasteiger partial charge on any atom is -0.370 e. The van der Waals surface area contributed by atoms with Gasteiger partial charge >= 0.3 is 0 Å². The molecule has 0 spiro atoms. The van der Waals surface area contributed by atoms with Crippen molar-refractivity contribution in [3.8, 4) is 0 Å². The normalized spacial score (nSPS) is 12.9. The summed E-state index contributed by atoms with van der Waals surface area (Å²) in [5, 5.41) is 5.93. The lowest BCUT2D eigenvalue weighted by Gasteiger charge is -2.08. The Balaban J connectivity index is 0.00000243. The van der Waals surface area contributed by atoms with Gasteiger partial charge in [0.25, 0.3) is 5.91 Å². The minimum absolute atomic E-state index is 0. The molecule has 26 heavy (non-hydrogen) atoms. The van der Waals surface area contributed by atoms with Gasteiger partial charge in [0, 0.05) is 17.8 Å². The standard InChI is InChI=1S/C20H24N4O.HI/c1-2-22-19(25)16-8-6-14(7-9-16)13-23-20(21)24-18-11-10-15-4-3-5-17(15)12-18;/h6-12H,2-5,13H2,1H3,(H,22,25)(H3,21,23,24);1H. The first-order valence-electron chi connectivity index (χ1n) is 8.71. The van der Waals surface area contributed by atoms with Gasteiger partial charge in [0.2, 0.25) is 0 Å². The molecule has 0 aliphatic heterocycles. The van der Waals surface area contributed by atoms with Crippen LogP contribution in [-0.4, -0.2) is 18.4 Å². The van der Waals surface area contributed by atoms with Gasteiger partial charge in [-0.1, -0.05) is 18.2 Å². The number of aliphatic imine (C=N–C) groups is 1. The molecular formula is C20H25IN4O. The molecule has 138 valence electrons. The van der Waals surface area contributed by atoms with E-state index in [0.29, 0.717) is 24.6 Å². The summed E-state index contributed by atoms with van der Waals surface area (Å²) in [6.07, 6.45) is 3.54. The number of hydrogen-bond acceptors (Lipinski definition) is 2. The summed E-state index contributed by atoms with van der Waals surface area (Å²) < 4.78 is 0. The van der Waals surface area contributed by atoms with Crippen molar-refractivity contribution in [2.75, 3.05) is 11.9 Å². The molecule has 1 aliphatic carbocycles. The van der Waals surface area contributed by atoms with Gasteiger partial charge in [0.05, 0.1) is 6.54 Å². The lowest BCUT2D eigenvalue weighted by atomic mass is 10.1. The highest BCUT2D eigenvalue weighted by molar-refractivity contribution is 14.0. The van der Waals surface area contributed by atoms with E-state index in [4.69, 9.17) is 5.73 Å². The minimum atomic E-state index is -0.0599. The van der Waals surface area contributed by atoms with Crippen LogP contribution in [0.15, 0.2) is 47.5 Å². The maximum absolute atomic E-state index is 11.7. The summed E-state index contributed by atoms with van der Waals surface area (Å²) >= 11 is 0. The Labute approximate surface area is 171 Å². The highest BCUT2D eigenvalue weighted by Crippen LogP contribution is 2.24. The molecule has 0 atom stereocenters. The Morgan fingerprint density at radius 1 is 1.12 bits per heavy atom. The van der Waals surface area contributed by atoms with E-state index in [1.165, 1.54) is 24.0 Å². The molecule has 0 saturated carbocycles. The number of nitrogens with one attached hydrogen (secondary N) is 2. The molecule has 0 unspecified atom stereocenters. The number of fused-ring (bicyclic) bond motifs is 1. The van der Waals surface area contributed by atoms with E-state index >= 15 is 0 Å². The quantitative estimate of drug-likeness (QED) is 0.360. The molecule has 4 N–H and O–H groups in total. The van der Waals surface area contributed by atoms with Crippen molar-refractivity contribution in [3.63, 3.8) is 0 Å². The van der Waals surface area contributed by atoms with Crippen LogP contribution in [0.4, 0.5) is 5.69 Å². The molecule has 5 nitrogen and oxygen atoms in total. The third kappa shape index (κ3) is 5.20. The lowest BCUT2D eigenvalue weighted by molar-refractivity contribution is 0.0956. The SMILES string of the molecule is CCNC(=O)c1ccc(CN=C(N)Nc2ccc3c(c2)CCC3)cc1.I. The molecule has 1 amide bonds. The fraction of sp³-hybridized carbons (Fsp3) is 0.300. The molecule has 6 heteroatoms. The largest absolute Gasteiger partial charge is 0.370 e. The summed E-state index contributed by atoms with van der Waals surface area (Å²) in [6, 6.07) is 13.8. The van der Waals surface area contributed by atoms with Gasteiger partial charge in [-0.3, -0.25) is 4.79 Å². The molecule has 0 radical (unpaired) electrons. The third-order valence-electron chi connectivity index (χ3n) is 4.36. The lowest BCUT2D eigenvalue weighted by Crippen LogP contribution is -2.23. The van der Waals surface area contributed by atoms with Crippen LogP contribution in [0, 0.1) is 0 Å². The summed E-state index contributed by atoms with van der Waals surface area (Å²) in [5.41, 5.74) is 11.5. The van der Waals surface area contributed by atoms with Crippen molar-refractivity contribution in [1.29, 1.82) is 0 Å². The van der Waals surface area contributed by atoms with E-state index in [2.05, 4.69) is 27.8 Å². The van der Waals surface area contributed by atoms with Crippen LogP contribution >= 0.6 is 24.0 Å². The Hall–Kier alpha value is -2.09. The third-order valence-corrected chi connectivity index (χ3v) is 4.36. The van der Waals surface area contributed by atoms with Gasteiger partial charge in [0.1, 0.15) is 0 Å². The number of halogens is 1. The van der Waals surface area contributed by atoms with Gasteiger partial charge in [0.15, 0.2) is 5.96 Å². The van der Waals surface area contributed by atoms with Crippen LogP contribution in [0.2, 0.25) is 0 Å². The number of hydrogen-bond donors (Lipinski definition) is 3. The zero-order chi connectivity index (χ0) is 17.6. The summed E-state index contributed by atoms with van der Waals surface area (Å²) in [7, 11) is 0. The Morgan fingerprint density at radius 3 is 2.58 bits per heavy atom. The molecule has 0 saturated heterocycles. The number of nitrogens with zero attached hydrogens (tertiary/aromatic N) is 1. The van der Waals surface area contributed by atoms with Gasteiger partial charge in [-0.15, -0.1) is 24.0 Å². The zero-order valence-corrected chi connectivity index (χ0v) is 17.2. The highest BCUT2D eigenvalue weighted by atomic mass is 127. The average Bonchev–Trinajstić information content (AvgIpc) is 3.08. The molecule has 2 aromatic rings. The second-order valence-electron chi connectivity index (χ2n) is 6.22. The number of nitrogens with two attached hydrogens (primary N) is 1. The zero-order valence-electron chi connectivity index (χ0n) is 14.9. The molecule has 0 bridgehead atoms. The van der Waals surface area contributed by atoms with Gasteiger partial charge in [-0.2, -0.15) is 0 Å². The van der Waals surface area contributed by atoms with Crippen LogP contribution in [0.25, 0.3) is 0 Å². The van der Waals surface area contributed by atoms with E-state index in [9.17, 15) is 4.79 Å². The second-order valence-corrected chi connectivity index (χ2v) is 6.22. The summed E-state index contributed by atoms with van der Waals surface area (Å²) in [5.74, 6) is 0.334. The Kier molecular flexibility index (Phi) is 7.44. The van der Waals surface area contributed by atoms with Crippen LogP contribution in [0.1, 0.15) is 40.4 Å². The number of carbonyl (C=O) groups excluding carboxylic acids is 1. The molecule has 2 aromatic carbocycles. The number of carbonyl (C=O) groups is 1. The van der Waals surface area contributed by atoms with Gasteiger partial charge in [-0.05, 0) is 67.1 Å². The van der Waals surface area contributed by atoms with Gasteiger partial charge < -0.3 is 16.4 Å². The highest BCUT2D eigenvalue weighted by Gasteiger charge is 2.10. The van der Waals surface area contributed by atoms with E-state index in [1.807, 2.05) is 25.1 Å².